The van der Waals surface area contributed by atoms with Gasteiger partial charge in [-0.3, -0.25) is 0 Å². The van der Waals surface area contributed by atoms with Crippen molar-refractivity contribution in [2.45, 2.75) is 6.43 Å². The van der Waals surface area contributed by atoms with E-state index < -0.39 is 17.2 Å². The zero-order chi connectivity index (χ0) is 10.9. The number of aromatic nitrogens is 1. The van der Waals surface area contributed by atoms with Crippen LogP contribution < -0.4 is 0 Å². The molecule has 0 amide bonds. The third-order valence-electron chi connectivity index (χ3n) is 1.35. The van der Waals surface area contributed by atoms with E-state index in [2.05, 4.69) is 20.9 Å². The minimum absolute atomic E-state index is 0.00130. The Kier molecular flexibility index (Phi) is 3.70. The van der Waals surface area contributed by atoms with Gasteiger partial charge < -0.3 is 10.1 Å². The summed E-state index contributed by atoms with van der Waals surface area (Å²) in [6, 6.07) is 0.962. The highest BCUT2D eigenvalue weighted by Crippen LogP contribution is 2.32. The first-order chi connectivity index (χ1) is 6.43. The molecule has 0 N–H and O–H groups in total. The molecule has 76 valence electrons. The number of halogens is 4. The highest BCUT2D eigenvalue weighted by Gasteiger charge is 2.23. The number of hydrogen-bond donors (Lipinski definition) is 0. The molecule has 0 fully saturated rings. The molecule has 0 bridgehead atoms. The van der Waals surface area contributed by atoms with Crippen LogP contribution in [0.4, 0.5) is 14.6 Å². The zero-order valence-electron chi connectivity index (χ0n) is 6.38. The van der Waals surface area contributed by atoms with E-state index in [9.17, 15) is 18.9 Å². The molecule has 0 atom stereocenters. The third-order valence-corrected chi connectivity index (χ3v) is 2.83. The molecule has 0 radical (unpaired) electrons. The van der Waals surface area contributed by atoms with Crippen molar-refractivity contribution in [1.29, 1.82) is 0 Å². The fraction of sp³-hybridized carbons (Fsp3) is 0.167. The summed E-state index contributed by atoms with van der Waals surface area (Å²) in [5.74, 6) is -0.453. The molecule has 14 heavy (non-hydrogen) atoms. The van der Waals surface area contributed by atoms with Crippen molar-refractivity contribution < 1.29 is 13.7 Å². The fourth-order valence-corrected chi connectivity index (χ4v) is 2.48. The summed E-state index contributed by atoms with van der Waals surface area (Å²) in [5, 5.41) is 10.3. The summed E-state index contributed by atoms with van der Waals surface area (Å²) in [7, 11) is 0. The number of alkyl halides is 2. The molecule has 0 aliphatic rings. The van der Waals surface area contributed by atoms with Gasteiger partial charge in [-0.05, 0) is 25.8 Å². The quantitative estimate of drug-likeness (QED) is 0.343. The van der Waals surface area contributed by atoms with Crippen LogP contribution in [0.2, 0.25) is 0 Å². The minimum Gasteiger partial charge on any atom is -0.358 e. The Balaban J connectivity index is 3.32. The van der Waals surface area contributed by atoms with Gasteiger partial charge in [0, 0.05) is 27.1 Å². The van der Waals surface area contributed by atoms with Gasteiger partial charge in [-0.15, -0.1) is 0 Å². The lowest BCUT2D eigenvalue weighted by Crippen LogP contribution is -1.99. The Hall–Kier alpha value is -0.380. The van der Waals surface area contributed by atoms with Crippen molar-refractivity contribution in [2.24, 2.45) is 0 Å². The maximum absolute atomic E-state index is 12.4. The summed E-state index contributed by atoms with van der Waals surface area (Å²) < 4.78 is 24.7. The Morgan fingerprint density at radius 2 is 2.21 bits per heavy atom. The van der Waals surface area contributed by atoms with Gasteiger partial charge in [0.1, 0.15) is 0 Å². The van der Waals surface area contributed by atoms with E-state index in [-0.39, 0.29) is 13.7 Å². The number of rotatable bonds is 2. The van der Waals surface area contributed by atoms with Gasteiger partial charge in [0.25, 0.3) is 6.43 Å². The van der Waals surface area contributed by atoms with Crippen molar-refractivity contribution in [2.75, 3.05) is 0 Å². The number of nitro groups is 1. The molecule has 0 unspecified atom stereocenters. The molecule has 1 aromatic rings. The fourth-order valence-electron chi connectivity index (χ4n) is 0.771. The van der Waals surface area contributed by atoms with Gasteiger partial charge in [0.15, 0.2) is 0 Å². The normalized spacial score (nSPS) is 10.6. The molecule has 0 spiro atoms. The van der Waals surface area contributed by atoms with Crippen LogP contribution in [0, 0.1) is 13.8 Å². The van der Waals surface area contributed by atoms with E-state index in [1.54, 1.807) is 0 Å². The van der Waals surface area contributed by atoms with E-state index in [0.29, 0.717) is 0 Å². The minimum atomic E-state index is -2.70. The van der Waals surface area contributed by atoms with Crippen molar-refractivity contribution in [3.05, 3.63) is 29.9 Å². The lowest BCUT2D eigenvalue weighted by atomic mass is 10.3. The Labute approximate surface area is 99.1 Å². The molecule has 4 nitrogen and oxygen atoms in total. The molecule has 1 rings (SSSR count). The molecule has 0 saturated carbocycles. The molecule has 8 heteroatoms. The van der Waals surface area contributed by atoms with Crippen LogP contribution in [-0.4, -0.2) is 9.91 Å². The topological polar surface area (TPSA) is 56.0 Å². The summed E-state index contributed by atoms with van der Waals surface area (Å²) in [6.07, 6.45) is -2.70. The average Bonchev–Trinajstić information content (AvgIpc) is 2.01. The maximum Gasteiger partial charge on any atom is 0.365 e. The van der Waals surface area contributed by atoms with Crippen molar-refractivity contribution in [3.63, 3.8) is 0 Å². The van der Waals surface area contributed by atoms with Crippen LogP contribution in [0.25, 0.3) is 0 Å². The van der Waals surface area contributed by atoms with Crippen LogP contribution >= 0.6 is 38.5 Å². The lowest BCUT2D eigenvalue weighted by molar-refractivity contribution is -0.389. The SMILES string of the molecule is O=[N+]([O-])c1cc(Br)c(C(F)F)c(I)n1. The van der Waals surface area contributed by atoms with Gasteiger partial charge in [0.05, 0.1) is 11.6 Å². The second-order valence-corrected chi connectivity index (χ2v) is 4.10. The monoisotopic (exact) mass is 378 g/mol. The molecule has 0 aliphatic heterocycles. The summed E-state index contributed by atoms with van der Waals surface area (Å²) in [5.41, 5.74) is -0.323. The number of pyridine rings is 1. The first-order valence-electron chi connectivity index (χ1n) is 3.22. The second kappa shape index (κ2) is 4.43. The Bertz CT molecular complexity index is 365. The first-order valence-corrected chi connectivity index (χ1v) is 5.09. The number of nitrogens with zero attached hydrogens (tertiary/aromatic N) is 2. The van der Waals surface area contributed by atoms with Crippen molar-refractivity contribution >= 4 is 44.3 Å². The van der Waals surface area contributed by atoms with Gasteiger partial charge >= 0.3 is 5.82 Å². The highest BCUT2D eigenvalue weighted by molar-refractivity contribution is 14.1. The molecular formula is C6H2BrF2IN2O2. The van der Waals surface area contributed by atoms with Crippen molar-refractivity contribution in [1.82, 2.24) is 4.98 Å². The second-order valence-electron chi connectivity index (χ2n) is 2.22. The first kappa shape index (κ1) is 11.7. The highest BCUT2D eigenvalue weighted by atomic mass is 127. The van der Waals surface area contributed by atoms with E-state index in [4.69, 9.17) is 0 Å². The zero-order valence-corrected chi connectivity index (χ0v) is 10.1. The van der Waals surface area contributed by atoms with Crippen LogP contribution in [0.3, 0.4) is 0 Å². The van der Waals surface area contributed by atoms with E-state index >= 15 is 0 Å². The maximum atomic E-state index is 12.4. The summed E-state index contributed by atoms with van der Waals surface area (Å²) in [6.45, 7) is 0. The Morgan fingerprint density at radius 3 is 2.57 bits per heavy atom. The third kappa shape index (κ3) is 2.35. The van der Waals surface area contributed by atoms with Gasteiger partial charge in [-0.25, -0.2) is 8.78 Å². The predicted molar refractivity (Wildman–Crippen MR) is 56.3 cm³/mol. The van der Waals surface area contributed by atoms with Crippen LogP contribution in [0.5, 0.6) is 0 Å². The molecule has 1 aromatic heterocycles. The largest absolute Gasteiger partial charge is 0.365 e. The molecular weight excluding hydrogens is 377 g/mol. The van der Waals surface area contributed by atoms with Gasteiger partial charge in [-0.2, -0.15) is 0 Å². The van der Waals surface area contributed by atoms with Crippen LogP contribution in [-0.2, 0) is 0 Å². The predicted octanol–water partition coefficient (Wildman–Crippen LogP) is 3.29. The van der Waals surface area contributed by atoms with E-state index in [1.807, 2.05) is 0 Å². The average molecular weight is 379 g/mol. The van der Waals surface area contributed by atoms with Crippen LogP contribution in [0.1, 0.15) is 12.0 Å². The van der Waals surface area contributed by atoms with Crippen LogP contribution in [0.15, 0.2) is 10.5 Å². The van der Waals surface area contributed by atoms with Gasteiger partial charge in [-0.1, -0.05) is 0 Å². The molecule has 0 aliphatic carbocycles. The smallest absolute Gasteiger partial charge is 0.358 e. The Morgan fingerprint density at radius 1 is 1.64 bits per heavy atom. The lowest BCUT2D eigenvalue weighted by Gasteiger charge is -2.02. The molecule has 1 heterocycles. The van der Waals surface area contributed by atoms with Gasteiger partial charge in [0.2, 0.25) is 3.70 Å². The molecule has 0 aromatic carbocycles. The standard InChI is InChI=1S/C6H2BrF2IN2O2/c7-2-1-3(12(13)14)11-6(10)4(2)5(8)9/h1,5H. The summed E-state index contributed by atoms with van der Waals surface area (Å²) in [4.78, 5) is 13.0. The van der Waals surface area contributed by atoms with E-state index in [0.717, 1.165) is 6.07 Å². The van der Waals surface area contributed by atoms with E-state index in [1.165, 1.54) is 22.6 Å². The summed E-state index contributed by atoms with van der Waals surface area (Å²) >= 11 is 4.37. The molecule has 0 saturated heterocycles. The van der Waals surface area contributed by atoms with Crippen molar-refractivity contribution in [3.8, 4) is 0 Å². The number of hydrogen-bond acceptors (Lipinski definition) is 3.